The molecule has 20 heavy (non-hydrogen) atoms. The number of hydrogen-bond acceptors (Lipinski definition) is 3. The van der Waals surface area contributed by atoms with Crippen LogP contribution in [-0.2, 0) is 6.54 Å². The molecule has 0 fully saturated rings. The predicted molar refractivity (Wildman–Crippen MR) is 88.8 cm³/mol. The van der Waals surface area contributed by atoms with E-state index in [-0.39, 0.29) is 5.75 Å². The molecule has 0 unspecified atom stereocenters. The van der Waals surface area contributed by atoms with Crippen LogP contribution < -0.4 is 10.1 Å². The van der Waals surface area contributed by atoms with Crippen LogP contribution in [0.5, 0.6) is 11.5 Å². The van der Waals surface area contributed by atoms with Crippen molar-refractivity contribution in [2.24, 2.45) is 0 Å². The van der Waals surface area contributed by atoms with Crippen LogP contribution in [-0.4, -0.2) is 12.2 Å². The maximum atomic E-state index is 10.1. The number of aromatic hydroxyl groups is 1. The number of phenols is 1. The van der Waals surface area contributed by atoms with E-state index in [0.29, 0.717) is 22.9 Å². The van der Waals surface area contributed by atoms with Crippen molar-refractivity contribution in [3.8, 4) is 11.5 Å². The first kappa shape index (κ1) is 15.5. The molecule has 0 aliphatic heterocycles. The van der Waals surface area contributed by atoms with Crippen molar-refractivity contribution in [1.82, 2.24) is 0 Å². The quantitative estimate of drug-likeness (QED) is 0.714. The SMILES string of the molecule is COc1cc(Cl)cc(CNc2ccc(Br)cc2Br)c1O. The molecule has 106 valence electrons. The van der Waals surface area contributed by atoms with Crippen molar-refractivity contribution in [3.63, 3.8) is 0 Å². The molecule has 0 spiro atoms. The van der Waals surface area contributed by atoms with Gasteiger partial charge in [-0.1, -0.05) is 27.5 Å². The summed E-state index contributed by atoms with van der Waals surface area (Å²) in [5.74, 6) is 0.460. The van der Waals surface area contributed by atoms with E-state index in [4.69, 9.17) is 16.3 Å². The molecule has 0 bridgehead atoms. The topological polar surface area (TPSA) is 41.5 Å². The van der Waals surface area contributed by atoms with E-state index in [1.807, 2.05) is 18.2 Å². The summed E-state index contributed by atoms with van der Waals surface area (Å²) in [5, 5.41) is 13.8. The minimum Gasteiger partial charge on any atom is -0.504 e. The van der Waals surface area contributed by atoms with E-state index in [2.05, 4.69) is 37.2 Å². The van der Waals surface area contributed by atoms with Crippen LogP contribution in [0.3, 0.4) is 0 Å². The molecule has 2 rings (SSSR count). The second kappa shape index (κ2) is 6.70. The number of methoxy groups -OCH3 is 1. The van der Waals surface area contributed by atoms with Crippen LogP contribution in [0.15, 0.2) is 39.3 Å². The fourth-order valence-electron chi connectivity index (χ4n) is 1.74. The second-order valence-corrected chi connectivity index (χ2v) is 6.30. The fourth-order valence-corrected chi connectivity index (χ4v) is 3.16. The highest BCUT2D eigenvalue weighted by Gasteiger charge is 2.10. The molecule has 0 aliphatic carbocycles. The highest BCUT2D eigenvalue weighted by atomic mass is 79.9. The Labute approximate surface area is 139 Å². The van der Waals surface area contributed by atoms with Crippen LogP contribution in [0.1, 0.15) is 5.56 Å². The first-order valence-corrected chi connectivity index (χ1v) is 7.72. The van der Waals surface area contributed by atoms with Gasteiger partial charge in [0.15, 0.2) is 11.5 Å². The van der Waals surface area contributed by atoms with Crippen molar-refractivity contribution in [1.29, 1.82) is 0 Å². The molecular formula is C14H12Br2ClNO2. The fraction of sp³-hybridized carbons (Fsp3) is 0.143. The van der Waals surface area contributed by atoms with Gasteiger partial charge in [0.2, 0.25) is 0 Å². The summed E-state index contributed by atoms with van der Waals surface area (Å²) in [6.45, 7) is 0.434. The number of phenolic OH excluding ortho intramolecular Hbond substituents is 1. The zero-order chi connectivity index (χ0) is 14.7. The molecule has 0 radical (unpaired) electrons. The van der Waals surface area contributed by atoms with Crippen LogP contribution in [0.4, 0.5) is 5.69 Å². The standard InChI is InChI=1S/C14H12Br2ClNO2/c1-20-13-6-10(17)4-8(14(13)19)7-18-12-3-2-9(15)5-11(12)16/h2-6,18-19H,7H2,1H3. The van der Waals surface area contributed by atoms with Crippen molar-refractivity contribution in [2.45, 2.75) is 6.54 Å². The maximum absolute atomic E-state index is 10.1. The Morgan fingerprint density at radius 3 is 2.65 bits per heavy atom. The minimum atomic E-state index is 0.0950. The average molecular weight is 422 g/mol. The molecule has 2 aromatic carbocycles. The number of hydrogen-bond donors (Lipinski definition) is 2. The molecule has 2 aromatic rings. The Balaban J connectivity index is 2.20. The lowest BCUT2D eigenvalue weighted by atomic mass is 10.1. The number of ether oxygens (including phenoxy) is 1. The smallest absolute Gasteiger partial charge is 0.162 e. The number of nitrogens with one attached hydrogen (secondary N) is 1. The Kier molecular flexibility index (Phi) is 5.18. The van der Waals surface area contributed by atoms with Crippen molar-refractivity contribution in [3.05, 3.63) is 49.9 Å². The van der Waals surface area contributed by atoms with Gasteiger partial charge in [-0.15, -0.1) is 0 Å². The molecule has 3 nitrogen and oxygen atoms in total. The third-order valence-electron chi connectivity index (χ3n) is 2.74. The van der Waals surface area contributed by atoms with Gasteiger partial charge in [-0.05, 0) is 40.2 Å². The summed E-state index contributed by atoms with van der Waals surface area (Å²) >= 11 is 12.9. The van der Waals surface area contributed by atoms with Gasteiger partial charge in [0.1, 0.15) is 0 Å². The highest BCUT2D eigenvalue weighted by Crippen LogP contribution is 2.34. The monoisotopic (exact) mass is 419 g/mol. The van der Waals surface area contributed by atoms with E-state index in [1.54, 1.807) is 12.1 Å². The normalized spacial score (nSPS) is 10.4. The third kappa shape index (κ3) is 3.59. The molecule has 0 heterocycles. The van der Waals surface area contributed by atoms with Gasteiger partial charge in [-0.25, -0.2) is 0 Å². The summed E-state index contributed by atoms with van der Waals surface area (Å²) < 4.78 is 7.00. The van der Waals surface area contributed by atoms with Gasteiger partial charge in [0.05, 0.1) is 7.11 Å². The first-order chi connectivity index (χ1) is 9.51. The Bertz CT molecular complexity index is 635. The molecule has 0 aliphatic rings. The molecule has 0 saturated carbocycles. The average Bonchev–Trinajstić information content (AvgIpc) is 2.41. The lowest BCUT2D eigenvalue weighted by Gasteiger charge is -2.12. The summed E-state index contributed by atoms with van der Waals surface area (Å²) in [6.07, 6.45) is 0. The van der Waals surface area contributed by atoms with E-state index in [0.717, 1.165) is 14.6 Å². The molecule has 0 atom stereocenters. The van der Waals surface area contributed by atoms with E-state index in [9.17, 15) is 5.11 Å². The molecular weight excluding hydrogens is 409 g/mol. The van der Waals surface area contributed by atoms with Gasteiger partial charge in [-0.2, -0.15) is 0 Å². The Morgan fingerprint density at radius 1 is 1.25 bits per heavy atom. The van der Waals surface area contributed by atoms with E-state index < -0.39 is 0 Å². The van der Waals surface area contributed by atoms with Crippen molar-refractivity contribution in [2.75, 3.05) is 12.4 Å². The third-order valence-corrected chi connectivity index (χ3v) is 4.11. The lowest BCUT2D eigenvalue weighted by Crippen LogP contribution is -2.01. The highest BCUT2D eigenvalue weighted by molar-refractivity contribution is 9.11. The number of rotatable bonds is 4. The minimum absolute atomic E-state index is 0.0950. The van der Waals surface area contributed by atoms with Crippen LogP contribution in [0.25, 0.3) is 0 Å². The van der Waals surface area contributed by atoms with E-state index in [1.165, 1.54) is 7.11 Å². The van der Waals surface area contributed by atoms with Gasteiger partial charge in [-0.3, -0.25) is 0 Å². The summed E-state index contributed by atoms with van der Waals surface area (Å²) in [4.78, 5) is 0. The van der Waals surface area contributed by atoms with Gasteiger partial charge >= 0.3 is 0 Å². The molecule has 2 N–H and O–H groups in total. The van der Waals surface area contributed by atoms with Gasteiger partial charge < -0.3 is 15.2 Å². The maximum Gasteiger partial charge on any atom is 0.162 e. The van der Waals surface area contributed by atoms with Crippen LogP contribution in [0, 0.1) is 0 Å². The van der Waals surface area contributed by atoms with E-state index >= 15 is 0 Å². The first-order valence-electron chi connectivity index (χ1n) is 5.75. The Morgan fingerprint density at radius 2 is 2.00 bits per heavy atom. The van der Waals surface area contributed by atoms with Gasteiger partial charge in [0.25, 0.3) is 0 Å². The summed E-state index contributed by atoms with van der Waals surface area (Å²) in [7, 11) is 1.49. The van der Waals surface area contributed by atoms with Crippen LogP contribution in [0.2, 0.25) is 5.02 Å². The van der Waals surface area contributed by atoms with Gasteiger partial charge in [0, 0.05) is 37.8 Å². The largest absolute Gasteiger partial charge is 0.504 e. The number of anilines is 1. The second-order valence-electron chi connectivity index (χ2n) is 4.09. The van der Waals surface area contributed by atoms with Crippen LogP contribution >= 0.6 is 43.5 Å². The molecule has 0 saturated heterocycles. The molecule has 0 amide bonds. The lowest BCUT2D eigenvalue weighted by molar-refractivity contribution is 0.371. The number of halogens is 3. The number of benzene rings is 2. The Hall–Kier alpha value is -0.910. The summed E-state index contributed by atoms with van der Waals surface area (Å²) in [6, 6.07) is 9.11. The summed E-state index contributed by atoms with van der Waals surface area (Å²) in [5.41, 5.74) is 1.59. The molecule has 6 heteroatoms. The zero-order valence-electron chi connectivity index (χ0n) is 10.6. The molecule has 0 aromatic heterocycles. The van der Waals surface area contributed by atoms with Crippen molar-refractivity contribution >= 4 is 49.1 Å². The predicted octanol–water partition coefficient (Wildman–Crippen LogP) is 5.19. The zero-order valence-corrected chi connectivity index (χ0v) is 14.5. The van der Waals surface area contributed by atoms with Crippen molar-refractivity contribution < 1.29 is 9.84 Å².